The molecule has 0 saturated carbocycles. The number of phenolic OH excluding ortho intramolecular Hbond substituents is 1. The SMILES string of the molecule is COc1ccc(/C(O)=C2/C(=O)C(=O)N(CCc3ccc(Cl)cc3)C2c2cccc(O)c2)cc1Cl. The summed E-state index contributed by atoms with van der Waals surface area (Å²) in [6.45, 7) is 0.215. The number of aliphatic hydroxyl groups excluding tert-OH is 1. The van der Waals surface area contributed by atoms with Crippen LogP contribution >= 0.6 is 23.2 Å². The summed E-state index contributed by atoms with van der Waals surface area (Å²) in [5.41, 5.74) is 1.62. The van der Waals surface area contributed by atoms with Gasteiger partial charge in [-0.05, 0) is 60.0 Å². The van der Waals surface area contributed by atoms with Gasteiger partial charge in [-0.2, -0.15) is 0 Å². The summed E-state index contributed by atoms with van der Waals surface area (Å²) in [4.78, 5) is 27.6. The molecule has 1 fully saturated rings. The predicted molar refractivity (Wildman–Crippen MR) is 130 cm³/mol. The number of aromatic hydroxyl groups is 1. The number of aliphatic hydroxyl groups is 1. The van der Waals surface area contributed by atoms with Crippen LogP contribution in [0.2, 0.25) is 10.0 Å². The van der Waals surface area contributed by atoms with Crippen molar-refractivity contribution in [2.45, 2.75) is 12.5 Å². The molecule has 1 amide bonds. The fourth-order valence-electron chi connectivity index (χ4n) is 4.02. The average Bonchev–Trinajstić information content (AvgIpc) is 3.08. The van der Waals surface area contributed by atoms with Crippen molar-refractivity contribution in [2.24, 2.45) is 0 Å². The number of carbonyl (C=O) groups excluding carboxylic acids is 2. The number of methoxy groups -OCH3 is 1. The Morgan fingerprint density at radius 1 is 1.03 bits per heavy atom. The van der Waals surface area contributed by atoms with Gasteiger partial charge in [0.05, 0.1) is 23.7 Å². The van der Waals surface area contributed by atoms with Gasteiger partial charge in [-0.3, -0.25) is 9.59 Å². The third kappa shape index (κ3) is 4.60. The average molecular weight is 498 g/mol. The molecule has 1 unspecified atom stereocenters. The van der Waals surface area contributed by atoms with E-state index in [2.05, 4.69) is 0 Å². The van der Waals surface area contributed by atoms with Gasteiger partial charge in [0.2, 0.25) is 0 Å². The number of ether oxygens (including phenoxy) is 1. The summed E-state index contributed by atoms with van der Waals surface area (Å²) >= 11 is 12.2. The number of Topliss-reactive ketones (excluding diaryl/α,β-unsaturated/α-hetero) is 1. The zero-order valence-corrected chi connectivity index (χ0v) is 19.7. The Balaban J connectivity index is 1.78. The van der Waals surface area contributed by atoms with Crippen LogP contribution < -0.4 is 4.74 Å². The molecule has 34 heavy (non-hydrogen) atoms. The van der Waals surface area contributed by atoms with Crippen molar-refractivity contribution in [3.63, 3.8) is 0 Å². The number of rotatable bonds is 6. The van der Waals surface area contributed by atoms with Crippen LogP contribution in [0.3, 0.4) is 0 Å². The van der Waals surface area contributed by atoms with Crippen molar-refractivity contribution in [1.82, 2.24) is 4.90 Å². The van der Waals surface area contributed by atoms with Crippen LogP contribution in [0.5, 0.6) is 11.5 Å². The highest BCUT2D eigenvalue weighted by Gasteiger charge is 2.46. The van der Waals surface area contributed by atoms with E-state index >= 15 is 0 Å². The Bertz CT molecular complexity index is 1290. The van der Waals surface area contributed by atoms with E-state index in [-0.39, 0.29) is 34.2 Å². The summed E-state index contributed by atoms with van der Waals surface area (Å²) in [5.74, 6) is -1.51. The summed E-state index contributed by atoms with van der Waals surface area (Å²) in [6, 6.07) is 17.2. The maximum atomic E-state index is 13.1. The molecule has 0 aromatic heterocycles. The van der Waals surface area contributed by atoms with E-state index in [1.54, 1.807) is 36.4 Å². The number of ketones is 1. The molecule has 0 bridgehead atoms. The number of benzene rings is 3. The molecular formula is C26H21Cl2NO5. The van der Waals surface area contributed by atoms with E-state index in [9.17, 15) is 19.8 Å². The minimum Gasteiger partial charge on any atom is -0.508 e. The van der Waals surface area contributed by atoms with Crippen LogP contribution in [0.15, 0.2) is 72.3 Å². The normalized spacial score (nSPS) is 17.3. The lowest BCUT2D eigenvalue weighted by atomic mass is 9.95. The molecule has 3 aromatic rings. The van der Waals surface area contributed by atoms with Gasteiger partial charge in [0, 0.05) is 17.1 Å². The van der Waals surface area contributed by atoms with E-state index in [4.69, 9.17) is 27.9 Å². The number of phenols is 1. The molecule has 8 heteroatoms. The smallest absolute Gasteiger partial charge is 0.295 e. The number of nitrogens with zero attached hydrogens (tertiary/aromatic N) is 1. The van der Waals surface area contributed by atoms with Gasteiger partial charge < -0.3 is 19.8 Å². The van der Waals surface area contributed by atoms with Crippen molar-refractivity contribution in [3.8, 4) is 11.5 Å². The van der Waals surface area contributed by atoms with Gasteiger partial charge in [0.1, 0.15) is 17.3 Å². The lowest BCUT2D eigenvalue weighted by Gasteiger charge is -2.25. The lowest BCUT2D eigenvalue weighted by molar-refractivity contribution is -0.139. The van der Waals surface area contributed by atoms with E-state index in [1.807, 2.05) is 12.1 Å². The quantitative estimate of drug-likeness (QED) is 0.271. The predicted octanol–water partition coefficient (Wildman–Crippen LogP) is 5.37. The highest BCUT2D eigenvalue weighted by Crippen LogP contribution is 2.41. The fraction of sp³-hybridized carbons (Fsp3) is 0.154. The molecule has 2 N–H and O–H groups in total. The zero-order chi connectivity index (χ0) is 24.4. The minimum absolute atomic E-state index is 0.0201. The Morgan fingerprint density at radius 2 is 1.76 bits per heavy atom. The van der Waals surface area contributed by atoms with Crippen LogP contribution in [-0.4, -0.2) is 40.5 Å². The third-order valence-electron chi connectivity index (χ3n) is 5.71. The molecule has 174 valence electrons. The Morgan fingerprint density at radius 3 is 2.41 bits per heavy atom. The number of hydrogen-bond donors (Lipinski definition) is 2. The second kappa shape index (κ2) is 9.79. The second-order valence-electron chi connectivity index (χ2n) is 7.81. The zero-order valence-electron chi connectivity index (χ0n) is 18.2. The number of hydrogen-bond acceptors (Lipinski definition) is 5. The molecule has 1 aliphatic rings. The topological polar surface area (TPSA) is 87.1 Å². The maximum absolute atomic E-state index is 13.1. The fourth-order valence-corrected chi connectivity index (χ4v) is 4.41. The number of halogens is 2. The van der Waals surface area contributed by atoms with Crippen molar-refractivity contribution in [3.05, 3.63) is 99.0 Å². The van der Waals surface area contributed by atoms with Crippen LogP contribution in [0.25, 0.3) is 5.76 Å². The van der Waals surface area contributed by atoms with Crippen LogP contribution in [0.4, 0.5) is 0 Å². The van der Waals surface area contributed by atoms with Crippen molar-refractivity contribution >= 4 is 40.7 Å². The van der Waals surface area contributed by atoms with E-state index in [0.717, 1.165) is 5.56 Å². The molecule has 6 nitrogen and oxygen atoms in total. The summed E-state index contributed by atoms with van der Waals surface area (Å²) < 4.78 is 5.15. The van der Waals surface area contributed by atoms with Gasteiger partial charge in [-0.1, -0.05) is 47.5 Å². The molecule has 0 spiro atoms. The van der Waals surface area contributed by atoms with Gasteiger partial charge in [-0.25, -0.2) is 0 Å². The molecule has 1 aliphatic heterocycles. The molecule has 3 aromatic carbocycles. The van der Waals surface area contributed by atoms with Crippen LogP contribution in [-0.2, 0) is 16.0 Å². The van der Waals surface area contributed by atoms with Gasteiger partial charge in [-0.15, -0.1) is 0 Å². The molecule has 1 saturated heterocycles. The third-order valence-corrected chi connectivity index (χ3v) is 6.25. The number of carbonyl (C=O) groups is 2. The first kappa shape index (κ1) is 23.7. The van der Waals surface area contributed by atoms with Crippen LogP contribution in [0.1, 0.15) is 22.7 Å². The standard InChI is InChI=1S/C26H21Cl2NO5/c1-34-21-10-7-17(14-20(21)28)24(31)22-23(16-3-2-4-19(30)13-16)29(26(33)25(22)32)12-11-15-5-8-18(27)9-6-15/h2-10,13-14,23,30-31H,11-12H2,1H3/b24-22-. The minimum atomic E-state index is -0.889. The number of amides is 1. The first-order valence-corrected chi connectivity index (χ1v) is 11.2. The monoisotopic (exact) mass is 497 g/mol. The van der Waals surface area contributed by atoms with Gasteiger partial charge >= 0.3 is 0 Å². The van der Waals surface area contributed by atoms with E-state index in [1.165, 1.54) is 30.2 Å². The highest BCUT2D eigenvalue weighted by atomic mass is 35.5. The molecule has 1 heterocycles. The molecule has 0 radical (unpaired) electrons. The maximum Gasteiger partial charge on any atom is 0.295 e. The largest absolute Gasteiger partial charge is 0.508 e. The Labute approximate surface area is 206 Å². The number of likely N-dealkylation sites (tertiary alicyclic amines) is 1. The first-order chi connectivity index (χ1) is 16.3. The molecule has 1 atom stereocenters. The van der Waals surface area contributed by atoms with Crippen molar-refractivity contribution in [1.29, 1.82) is 0 Å². The highest BCUT2D eigenvalue weighted by molar-refractivity contribution is 6.46. The molecular weight excluding hydrogens is 477 g/mol. The van der Waals surface area contributed by atoms with E-state index < -0.39 is 17.7 Å². The van der Waals surface area contributed by atoms with Gasteiger partial charge in [0.25, 0.3) is 11.7 Å². The second-order valence-corrected chi connectivity index (χ2v) is 8.66. The van der Waals surface area contributed by atoms with E-state index in [0.29, 0.717) is 22.8 Å². The lowest BCUT2D eigenvalue weighted by Crippen LogP contribution is -2.31. The summed E-state index contributed by atoms with van der Waals surface area (Å²) in [5, 5.41) is 22.0. The Kier molecular flexibility index (Phi) is 6.82. The van der Waals surface area contributed by atoms with Crippen molar-refractivity contribution in [2.75, 3.05) is 13.7 Å². The summed E-state index contributed by atoms with van der Waals surface area (Å²) in [6.07, 6.45) is 0.466. The Hall–Kier alpha value is -3.48. The molecule has 0 aliphatic carbocycles. The van der Waals surface area contributed by atoms with Crippen LogP contribution in [0, 0.1) is 0 Å². The van der Waals surface area contributed by atoms with Crippen molar-refractivity contribution < 1.29 is 24.5 Å². The van der Waals surface area contributed by atoms with Gasteiger partial charge in [0.15, 0.2) is 0 Å². The molecule has 4 rings (SSSR count). The summed E-state index contributed by atoms with van der Waals surface area (Å²) in [7, 11) is 1.47. The first-order valence-electron chi connectivity index (χ1n) is 10.5.